The molecular formula is C17H27NO2. The number of benzene rings is 1. The Labute approximate surface area is 123 Å². The molecule has 0 saturated carbocycles. The molecule has 0 bridgehead atoms. The van der Waals surface area contributed by atoms with Crippen molar-refractivity contribution in [1.82, 2.24) is 5.32 Å². The van der Waals surface area contributed by atoms with Crippen molar-refractivity contribution in [3.05, 3.63) is 35.9 Å². The van der Waals surface area contributed by atoms with E-state index in [1.807, 2.05) is 19.1 Å². The van der Waals surface area contributed by atoms with Crippen LogP contribution in [-0.4, -0.2) is 20.3 Å². The molecule has 3 nitrogen and oxygen atoms in total. The summed E-state index contributed by atoms with van der Waals surface area (Å²) in [5.41, 5.74) is 2.34. The third-order valence-electron chi connectivity index (χ3n) is 2.95. The summed E-state index contributed by atoms with van der Waals surface area (Å²) in [6.07, 6.45) is 2.67. The van der Waals surface area contributed by atoms with Gasteiger partial charge in [0.2, 0.25) is 0 Å². The topological polar surface area (TPSA) is 30.5 Å². The molecule has 112 valence electrons. The van der Waals surface area contributed by atoms with E-state index in [9.17, 15) is 0 Å². The van der Waals surface area contributed by atoms with E-state index >= 15 is 0 Å². The fourth-order valence-corrected chi connectivity index (χ4v) is 2.10. The van der Waals surface area contributed by atoms with Gasteiger partial charge in [-0.2, -0.15) is 0 Å². The first-order valence-corrected chi connectivity index (χ1v) is 7.26. The second kappa shape index (κ2) is 8.64. The van der Waals surface area contributed by atoms with Gasteiger partial charge in [-0.3, -0.25) is 0 Å². The van der Waals surface area contributed by atoms with Crippen molar-refractivity contribution >= 4 is 0 Å². The summed E-state index contributed by atoms with van der Waals surface area (Å²) in [5, 5.41) is 3.45. The second-order valence-electron chi connectivity index (χ2n) is 5.24. The average molecular weight is 277 g/mol. The van der Waals surface area contributed by atoms with Gasteiger partial charge in [-0.15, -0.1) is 6.58 Å². The van der Waals surface area contributed by atoms with Crippen LogP contribution in [0.25, 0.3) is 0 Å². The highest BCUT2D eigenvalue weighted by Gasteiger charge is 2.12. The molecule has 0 aromatic heterocycles. The standard InChI is InChI=1S/C17H27NO2/c1-6-8-15-9-14(12-18-11-13(3)4)10-16(19-5)17(15)20-7-2/h6,9-10,13,18H,1,7-8,11-12H2,2-5H3. The zero-order valence-electron chi connectivity index (χ0n) is 13.2. The van der Waals surface area contributed by atoms with Crippen molar-refractivity contribution in [1.29, 1.82) is 0 Å². The van der Waals surface area contributed by atoms with Gasteiger partial charge in [0.25, 0.3) is 0 Å². The second-order valence-corrected chi connectivity index (χ2v) is 5.24. The van der Waals surface area contributed by atoms with Crippen molar-refractivity contribution in [3.8, 4) is 11.5 Å². The lowest BCUT2D eigenvalue weighted by Gasteiger charge is -2.16. The molecule has 0 unspecified atom stereocenters. The van der Waals surface area contributed by atoms with Gasteiger partial charge < -0.3 is 14.8 Å². The normalized spacial score (nSPS) is 10.7. The van der Waals surface area contributed by atoms with E-state index in [0.29, 0.717) is 12.5 Å². The van der Waals surface area contributed by atoms with Crippen LogP contribution >= 0.6 is 0 Å². The van der Waals surface area contributed by atoms with Crippen molar-refractivity contribution in [2.24, 2.45) is 5.92 Å². The lowest BCUT2D eigenvalue weighted by atomic mass is 10.1. The van der Waals surface area contributed by atoms with Gasteiger partial charge in [0.15, 0.2) is 11.5 Å². The summed E-state index contributed by atoms with van der Waals surface area (Å²) in [6, 6.07) is 4.22. The van der Waals surface area contributed by atoms with E-state index in [2.05, 4.69) is 31.8 Å². The van der Waals surface area contributed by atoms with Crippen molar-refractivity contribution < 1.29 is 9.47 Å². The lowest BCUT2D eigenvalue weighted by molar-refractivity contribution is 0.308. The number of hydrogen-bond donors (Lipinski definition) is 1. The van der Waals surface area contributed by atoms with Gasteiger partial charge in [0, 0.05) is 12.1 Å². The molecule has 0 aliphatic carbocycles. The zero-order chi connectivity index (χ0) is 15.0. The molecular weight excluding hydrogens is 250 g/mol. The van der Waals surface area contributed by atoms with Crippen LogP contribution in [0.2, 0.25) is 0 Å². The van der Waals surface area contributed by atoms with Crippen LogP contribution in [0.1, 0.15) is 31.9 Å². The number of ether oxygens (including phenoxy) is 2. The molecule has 20 heavy (non-hydrogen) atoms. The minimum atomic E-state index is 0.630. The molecule has 0 spiro atoms. The molecule has 0 aliphatic heterocycles. The molecule has 0 fully saturated rings. The van der Waals surface area contributed by atoms with Crippen LogP contribution in [0.3, 0.4) is 0 Å². The molecule has 0 saturated heterocycles. The Kier molecular flexibility index (Phi) is 7.16. The Balaban J connectivity index is 2.96. The van der Waals surface area contributed by atoms with Crippen molar-refractivity contribution in [2.75, 3.05) is 20.3 Å². The minimum absolute atomic E-state index is 0.630. The Morgan fingerprint density at radius 3 is 2.65 bits per heavy atom. The molecule has 3 heteroatoms. The Morgan fingerprint density at radius 1 is 1.35 bits per heavy atom. The van der Waals surface area contributed by atoms with Gasteiger partial charge in [0.05, 0.1) is 13.7 Å². The monoisotopic (exact) mass is 277 g/mol. The van der Waals surface area contributed by atoms with Gasteiger partial charge in [-0.05, 0) is 37.4 Å². The summed E-state index contributed by atoms with van der Waals surface area (Å²) in [4.78, 5) is 0. The SMILES string of the molecule is C=CCc1cc(CNCC(C)C)cc(OC)c1OCC. The fourth-order valence-electron chi connectivity index (χ4n) is 2.10. The minimum Gasteiger partial charge on any atom is -0.493 e. The Bertz CT molecular complexity index is 427. The van der Waals surface area contributed by atoms with E-state index in [4.69, 9.17) is 9.47 Å². The average Bonchev–Trinajstić information content (AvgIpc) is 2.41. The summed E-state index contributed by atoms with van der Waals surface area (Å²) in [5.74, 6) is 2.28. The number of methoxy groups -OCH3 is 1. The van der Waals surface area contributed by atoms with Gasteiger partial charge in [0.1, 0.15) is 0 Å². The van der Waals surface area contributed by atoms with Crippen LogP contribution in [0.5, 0.6) is 11.5 Å². The van der Waals surface area contributed by atoms with Crippen LogP contribution in [0, 0.1) is 5.92 Å². The van der Waals surface area contributed by atoms with E-state index < -0.39 is 0 Å². The maximum atomic E-state index is 5.72. The first kappa shape index (κ1) is 16.6. The predicted molar refractivity (Wildman–Crippen MR) is 84.6 cm³/mol. The fraction of sp³-hybridized carbons (Fsp3) is 0.529. The maximum Gasteiger partial charge on any atom is 0.164 e. The number of rotatable bonds is 9. The van der Waals surface area contributed by atoms with Crippen LogP contribution in [-0.2, 0) is 13.0 Å². The van der Waals surface area contributed by atoms with Gasteiger partial charge in [-0.25, -0.2) is 0 Å². The number of hydrogen-bond acceptors (Lipinski definition) is 3. The Morgan fingerprint density at radius 2 is 2.10 bits per heavy atom. The lowest BCUT2D eigenvalue weighted by Crippen LogP contribution is -2.19. The summed E-state index contributed by atoms with van der Waals surface area (Å²) < 4.78 is 11.2. The smallest absolute Gasteiger partial charge is 0.164 e. The molecule has 0 heterocycles. The van der Waals surface area contributed by atoms with E-state index in [1.54, 1.807) is 7.11 Å². The van der Waals surface area contributed by atoms with Crippen LogP contribution in [0.4, 0.5) is 0 Å². The van der Waals surface area contributed by atoms with Crippen LogP contribution < -0.4 is 14.8 Å². The third-order valence-corrected chi connectivity index (χ3v) is 2.95. The van der Waals surface area contributed by atoms with E-state index in [1.165, 1.54) is 5.56 Å². The molecule has 0 aliphatic rings. The summed E-state index contributed by atoms with van der Waals surface area (Å²) >= 11 is 0. The number of nitrogens with one attached hydrogen (secondary N) is 1. The highest BCUT2D eigenvalue weighted by atomic mass is 16.5. The molecule has 0 radical (unpaired) electrons. The molecule has 1 rings (SSSR count). The summed E-state index contributed by atoms with van der Waals surface area (Å²) in [7, 11) is 1.68. The first-order valence-electron chi connectivity index (χ1n) is 7.26. The molecule has 0 atom stereocenters. The van der Waals surface area contributed by atoms with Gasteiger partial charge in [-0.1, -0.05) is 26.0 Å². The van der Waals surface area contributed by atoms with Crippen molar-refractivity contribution in [2.45, 2.75) is 33.7 Å². The quantitative estimate of drug-likeness (QED) is 0.700. The molecule has 1 aromatic rings. The van der Waals surface area contributed by atoms with Gasteiger partial charge >= 0.3 is 0 Å². The Hall–Kier alpha value is -1.48. The molecule has 1 aromatic carbocycles. The number of allylic oxidation sites excluding steroid dienone is 1. The highest BCUT2D eigenvalue weighted by molar-refractivity contribution is 5.50. The van der Waals surface area contributed by atoms with E-state index in [0.717, 1.165) is 36.6 Å². The highest BCUT2D eigenvalue weighted by Crippen LogP contribution is 2.33. The maximum absolute atomic E-state index is 5.72. The zero-order valence-corrected chi connectivity index (χ0v) is 13.2. The largest absolute Gasteiger partial charge is 0.493 e. The third kappa shape index (κ3) is 4.89. The van der Waals surface area contributed by atoms with Crippen molar-refractivity contribution in [3.63, 3.8) is 0 Å². The van der Waals surface area contributed by atoms with Crippen LogP contribution in [0.15, 0.2) is 24.8 Å². The molecule has 1 N–H and O–H groups in total. The van der Waals surface area contributed by atoms with E-state index in [-0.39, 0.29) is 0 Å². The first-order chi connectivity index (χ1) is 9.62. The molecule has 0 amide bonds. The summed E-state index contributed by atoms with van der Waals surface area (Å²) in [6.45, 7) is 12.7. The predicted octanol–water partition coefficient (Wildman–Crippen LogP) is 3.57.